The van der Waals surface area contributed by atoms with Gasteiger partial charge in [0.1, 0.15) is 0 Å². The number of ether oxygens (including phenoxy) is 1. The third-order valence-electron chi connectivity index (χ3n) is 4.73. The molecule has 0 atom stereocenters. The summed E-state index contributed by atoms with van der Waals surface area (Å²) >= 11 is 1.61. The van der Waals surface area contributed by atoms with Gasteiger partial charge in [-0.2, -0.15) is 0 Å². The van der Waals surface area contributed by atoms with Crippen molar-refractivity contribution < 1.29 is 9.53 Å². The highest BCUT2D eigenvalue weighted by Gasteiger charge is 2.65. The minimum absolute atomic E-state index is 0.153. The predicted molar refractivity (Wildman–Crippen MR) is 82.0 cm³/mol. The van der Waals surface area contributed by atoms with E-state index in [-0.39, 0.29) is 5.97 Å². The maximum Gasteiger partial charge on any atom is 0.306 e. The van der Waals surface area contributed by atoms with E-state index in [2.05, 4.69) is 38.0 Å². The molecule has 0 radical (unpaired) electrons. The molecule has 1 aromatic heterocycles. The van der Waals surface area contributed by atoms with Crippen molar-refractivity contribution >= 4 is 22.4 Å². The lowest BCUT2D eigenvalue weighted by Crippen LogP contribution is -2.10. The second-order valence-electron chi connectivity index (χ2n) is 6.47. The molecule has 1 aliphatic rings. The van der Waals surface area contributed by atoms with E-state index in [1.165, 1.54) is 0 Å². The van der Waals surface area contributed by atoms with Crippen molar-refractivity contribution in [2.45, 2.75) is 53.5 Å². The van der Waals surface area contributed by atoms with Gasteiger partial charge in [0.25, 0.3) is 0 Å². The van der Waals surface area contributed by atoms with Gasteiger partial charge in [-0.3, -0.25) is 4.79 Å². The number of hydrogen-bond acceptors (Lipinski definition) is 5. The summed E-state index contributed by atoms with van der Waals surface area (Å²) in [5.41, 5.74) is 1.55. The van der Waals surface area contributed by atoms with Crippen LogP contribution < -0.4 is 5.32 Å². The summed E-state index contributed by atoms with van der Waals surface area (Å²) in [5.74, 6) is -0.153. The van der Waals surface area contributed by atoms with Gasteiger partial charge in [0.2, 0.25) is 0 Å². The topological polar surface area (TPSA) is 51.2 Å². The third kappa shape index (κ3) is 2.82. The number of rotatable bonds is 6. The van der Waals surface area contributed by atoms with Crippen LogP contribution in [-0.4, -0.2) is 23.6 Å². The molecular weight excluding hydrogens is 272 g/mol. The highest BCUT2D eigenvalue weighted by Crippen LogP contribution is 2.63. The van der Waals surface area contributed by atoms with Crippen molar-refractivity contribution in [3.8, 4) is 0 Å². The van der Waals surface area contributed by atoms with Crippen LogP contribution >= 0.6 is 11.3 Å². The maximum absolute atomic E-state index is 11.3. The molecule has 1 N–H and O–H groups in total. The fraction of sp³-hybridized carbons (Fsp3) is 0.733. The zero-order valence-electron chi connectivity index (χ0n) is 12.9. The second-order valence-corrected chi connectivity index (χ2v) is 7.33. The van der Waals surface area contributed by atoms with E-state index >= 15 is 0 Å². The van der Waals surface area contributed by atoms with Crippen molar-refractivity contribution in [3.63, 3.8) is 0 Å². The third-order valence-corrected chi connectivity index (χ3v) is 5.55. The van der Waals surface area contributed by atoms with Gasteiger partial charge in [0.15, 0.2) is 5.13 Å². The standard InChI is InChI=1S/C15H24N2O2S/c1-6-19-11(18)8-7-10-9-20-13(16-10)17-12-14(2,3)15(12,4)5/h9,12H,6-8H2,1-5H3,(H,16,17). The first-order valence-corrected chi connectivity index (χ1v) is 8.03. The SMILES string of the molecule is CCOC(=O)CCc1csc(NC2C(C)(C)C2(C)C)n1. The first-order valence-electron chi connectivity index (χ1n) is 7.15. The Balaban J connectivity index is 1.86. The second kappa shape index (κ2) is 5.35. The summed E-state index contributed by atoms with van der Waals surface area (Å²) in [5, 5.41) is 6.49. The summed E-state index contributed by atoms with van der Waals surface area (Å²) in [6, 6.07) is 0.457. The molecule has 0 amide bonds. The minimum atomic E-state index is -0.153. The number of anilines is 1. The smallest absolute Gasteiger partial charge is 0.306 e. The zero-order valence-corrected chi connectivity index (χ0v) is 13.8. The van der Waals surface area contributed by atoms with Crippen molar-refractivity contribution in [2.75, 3.05) is 11.9 Å². The van der Waals surface area contributed by atoms with Gasteiger partial charge in [-0.05, 0) is 17.8 Å². The number of hydrogen-bond donors (Lipinski definition) is 1. The molecule has 4 nitrogen and oxygen atoms in total. The van der Waals surface area contributed by atoms with Crippen LogP contribution in [0.3, 0.4) is 0 Å². The van der Waals surface area contributed by atoms with E-state index in [0.717, 1.165) is 10.8 Å². The summed E-state index contributed by atoms with van der Waals surface area (Å²) < 4.78 is 4.92. The Kier molecular flexibility index (Phi) is 4.09. The molecular formula is C15H24N2O2S. The number of nitrogens with one attached hydrogen (secondary N) is 1. The van der Waals surface area contributed by atoms with Crippen LogP contribution in [0.15, 0.2) is 5.38 Å². The highest BCUT2D eigenvalue weighted by molar-refractivity contribution is 7.13. The number of aromatic nitrogens is 1. The Morgan fingerprint density at radius 1 is 1.40 bits per heavy atom. The first-order chi connectivity index (χ1) is 9.29. The van der Waals surface area contributed by atoms with Gasteiger partial charge in [-0.25, -0.2) is 4.98 Å². The van der Waals surface area contributed by atoms with Gasteiger partial charge < -0.3 is 10.1 Å². The molecule has 112 valence electrons. The van der Waals surface area contributed by atoms with Crippen molar-refractivity contribution in [3.05, 3.63) is 11.1 Å². The largest absolute Gasteiger partial charge is 0.466 e. The van der Waals surface area contributed by atoms with E-state index in [1.807, 2.05) is 12.3 Å². The number of carbonyl (C=O) groups excluding carboxylic acids is 1. The molecule has 0 spiro atoms. The maximum atomic E-state index is 11.3. The van der Waals surface area contributed by atoms with Crippen LogP contribution in [-0.2, 0) is 16.0 Å². The Morgan fingerprint density at radius 3 is 2.60 bits per heavy atom. The number of nitrogens with zero attached hydrogens (tertiary/aromatic N) is 1. The summed E-state index contributed by atoms with van der Waals surface area (Å²) in [7, 11) is 0. The van der Waals surface area contributed by atoms with E-state index in [4.69, 9.17) is 4.74 Å². The normalized spacial score (nSPS) is 19.6. The minimum Gasteiger partial charge on any atom is -0.466 e. The molecule has 1 heterocycles. The molecule has 0 unspecified atom stereocenters. The van der Waals surface area contributed by atoms with Gasteiger partial charge in [0.05, 0.1) is 18.7 Å². The van der Waals surface area contributed by atoms with Gasteiger partial charge >= 0.3 is 5.97 Å². The zero-order chi connectivity index (χ0) is 15.0. The Hall–Kier alpha value is -1.10. The molecule has 1 aliphatic carbocycles. The Morgan fingerprint density at radius 2 is 2.05 bits per heavy atom. The molecule has 2 rings (SSSR count). The molecule has 5 heteroatoms. The van der Waals surface area contributed by atoms with E-state index in [9.17, 15) is 4.79 Å². The summed E-state index contributed by atoms with van der Waals surface area (Å²) in [6.07, 6.45) is 1.05. The van der Waals surface area contributed by atoms with Crippen molar-refractivity contribution in [2.24, 2.45) is 10.8 Å². The van der Waals surface area contributed by atoms with Gasteiger partial charge in [0, 0.05) is 17.8 Å². The van der Waals surface area contributed by atoms with Crippen LogP contribution in [0.5, 0.6) is 0 Å². The highest BCUT2D eigenvalue weighted by atomic mass is 32.1. The average Bonchev–Trinajstić information content (AvgIpc) is 2.74. The number of aryl methyl sites for hydroxylation is 1. The first kappa shape index (κ1) is 15.3. The number of esters is 1. The quantitative estimate of drug-likeness (QED) is 0.817. The summed E-state index contributed by atoms with van der Waals surface area (Å²) in [6.45, 7) is 11.4. The Bertz CT molecular complexity index is 480. The molecule has 0 aliphatic heterocycles. The molecule has 0 bridgehead atoms. The Labute approximate surface area is 124 Å². The van der Waals surface area contributed by atoms with Gasteiger partial charge in [-0.15, -0.1) is 11.3 Å². The summed E-state index contributed by atoms with van der Waals surface area (Å²) in [4.78, 5) is 15.9. The lowest BCUT2D eigenvalue weighted by Gasteiger charge is -2.03. The van der Waals surface area contributed by atoms with Crippen LogP contribution in [0.2, 0.25) is 0 Å². The van der Waals surface area contributed by atoms with Gasteiger partial charge in [-0.1, -0.05) is 27.7 Å². The van der Waals surface area contributed by atoms with Crippen molar-refractivity contribution in [1.29, 1.82) is 0 Å². The van der Waals surface area contributed by atoms with Crippen LogP contribution in [0.25, 0.3) is 0 Å². The fourth-order valence-corrected chi connectivity index (χ4v) is 3.41. The average molecular weight is 296 g/mol. The molecule has 0 saturated heterocycles. The molecule has 1 aromatic rings. The lowest BCUT2D eigenvalue weighted by molar-refractivity contribution is -0.143. The van der Waals surface area contributed by atoms with Crippen LogP contribution in [0.1, 0.15) is 46.7 Å². The van der Waals surface area contributed by atoms with E-state index in [1.54, 1.807) is 11.3 Å². The van der Waals surface area contributed by atoms with Crippen LogP contribution in [0.4, 0.5) is 5.13 Å². The molecule has 1 fully saturated rings. The fourth-order valence-electron chi connectivity index (χ4n) is 2.63. The van der Waals surface area contributed by atoms with E-state index < -0.39 is 0 Å². The lowest BCUT2D eigenvalue weighted by atomic mass is 10.0. The monoisotopic (exact) mass is 296 g/mol. The number of thiazole rings is 1. The van der Waals surface area contributed by atoms with Crippen LogP contribution in [0, 0.1) is 10.8 Å². The van der Waals surface area contributed by atoms with Crippen molar-refractivity contribution in [1.82, 2.24) is 4.98 Å². The predicted octanol–water partition coefficient (Wildman–Crippen LogP) is 3.49. The molecule has 0 aromatic carbocycles. The number of carbonyl (C=O) groups is 1. The molecule has 1 saturated carbocycles. The van der Waals surface area contributed by atoms with E-state index in [0.29, 0.717) is 36.3 Å². The molecule has 20 heavy (non-hydrogen) atoms.